The van der Waals surface area contributed by atoms with E-state index >= 15 is 0 Å². The smallest absolute Gasteiger partial charge is 0.388 e. The molecule has 0 aromatic carbocycles. The third kappa shape index (κ3) is 1.92. The predicted molar refractivity (Wildman–Crippen MR) is 62.1 cm³/mol. The molecule has 0 spiro atoms. The Labute approximate surface area is 100 Å². The van der Waals surface area contributed by atoms with Gasteiger partial charge in [-0.25, -0.2) is 4.79 Å². The molecule has 16 heavy (non-hydrogen) atoms. The minimum absolute atomic E-state index is 0.281. The molecule has 2 aromatic rings. The number of rotatable bonds is 2. The predicted octanol–water partition coefficient (Wildman–Crippen LogP) is 1.76. The lowest BCUT2D eigenvalue weighted by Crippen LogP contribution is -2.09. The number of hydrogen-bond acceptors (Lipinski definition) is 4. The Balaban J connectivity index is 2.49. The van der Waals surface area contributed by atoms with E-state index in [1.54, 1.807) is 6.20 Å². The number of aryl methyl sites for hydroxylation is 2. The molecule has 84 valence electrons. The second kappa shape index (κ2) is 4.21. The Morgan fingerprint density at radius 1 is 1.56 bits per heavy atom. The highest BCUT2D eigenvalue weighted by Crippen LogP contribution is 2.22. The summed E-state index contributed by atoms with van der Waals surface area (Å²) in [5.41, 5.74) is 1.64. The molecule has 0 N–H and O–H groups in total. The number of pyridine rings is 1. The van der Waals surface area contributed by atoms with Crippen molar-refractivity contribution in [1.29, 1.82) is 0 Å². The molecule has 5 nitrogen and oxygen atoms in total. The fourth-order valence-electron chi connectivity index (χ4n) is 1.31. The van der Waals surface area contributed by atoms with Gasteiger partial charge in [0.2, 0.25) is 0 Å². The van der Waals surface area contributed by atoms with Crippen molar-refractivity contribution in [2.45, 2.75) is 13.3 Å². The summed E-state index contributed by atoms with van der Waals surface area (Å²) < 4.78 is 7.00. The van der Waals surface area contributed by atoms with Crippen molar-refractivity contribution < 1.29 is 4.42 Å². The van der Waals surface area contributed by atoms with Gasteiger partial charge in [-0.15, -0.1) is 5.10 Å². The van der Waals surface area contributed by atoms with Crippen LogP contribution < -0.4 is 5.76 Å². The van der Waals surface area contributed by atoms with Crippen LogP contribution in [0, 0.1) is 0 Å². The molecular weight excluding hydrogens is 274 g/mol. The monoisotopic (exact) mass is 283 g/mol. The maximum absolute atomic E-state index is 11.1. The van der Waals surface area contributed by atoms with Gasteiger partial charge in [-0.2, -0.15) is 4.68 Å². The van der Waals surface area contributed by atoms with Gasteiger partial charge in [0.1, 0.15) is 0 Å². The molecule has 0 aliphatic rings. The molecule has 6 heteroatoms. The van der Waals surface area contributed by atoms with Crippen LogP contribution >= 0.6 is 15.9 Å². The van der Waals surface area contributed by atoms with Crippen LogP contribution in [-0.4, -0.2) is 14.8 Å². The van der Waals surface area contributed by atoms with E-state index in [2.05, 4.69) is 26.0 Å². The van der Waals surface area contributed by atoms with Crippen LogP contribution in [0.15, 0.2) is 25.9 Å². The van der Waals surface area contributed by atoms with Crippen LogP contribution in [0.3, 0.4) is 0 Å². The zero-order valence-electron chi connectivity index (χ0n) is 8.90. The van der Waals surface area contributed by atoms with Gasteiger partial charge < -0.3 is 4.42 Å². The molecule has 0 bridgehead atoms. The fraction of sp³-hybridized carbons (Fsp3) is 0.300. The van der Waals surface area contributed by atoms with Gasteiger partial charge in [0, 0.05) is 17.7 Å². The second-order valence-electron chi connectivity index (χ2n) is 3.30. The molecule has 0 radical (unpaired) electrons. The van der Waals surface area contributed by atoms with Gasteiger partial charge in [-0.3, -0.25) is 4.98 Å². The van der Waals surface area contributed by atoms with Crippen molar-refractivity contribution in [2.24, 2.45) is 7.05 Å². The Bertz CT molecular complexity index is 574. The Hall–Kier alpha value is -1.43. The lowest BCUT2D eigenvalue weighted by molar-refractivity contribution is 0.505. The van der Waals surface area contributed by atoms with Crippen LogP contribution in [0.4, 0.5) is 0 Å². The molecule has 0 unspecified atom stereocenters. The molecule has 0 saturated carbocycles. The van der Waals surface area contributed by atoms with E-state index in [0.29, 0.717) is 5.56 Å². The van der Waals surface area contributed by atoms with Crippen molar-refractivity contribution in [2.75, 3.05) is 0 Å². The molecule has 2 rings (SSSR count). The summed E-state index contributed by atoms with van der Waals surface area (Å²) in [6, 6.07) is 1.84. The highest BCUT2D eigenvalue weighted by Gasteiger charge is 2.10. The molecule has 0 amide bonds. The zero-order chi connectivity index (χ0) is 11.7. The normalized spacial score (nSPS) is 10.7. The zero-order valence-corrected chi connectivity index (χ0v) is 10.5. The molecular formula is C10H10BrN3O2. The topological polar surface area (TPSA) is 60.9 Å². The molecule has 0 aliphatic heterocycles. The van der Waals surface area contributed by atoms with E-state index in [-0.39, 0.29) is 5.89 Å². The maximum Gasteiger partial charge on any atom is 0.437 e. The average molecular weight is 284 g/mol. The maximum atomic E-state index is 11.1. The summed E-state index contributed by atoms with van der Waals surface area (Å²) in [5.74, 6) is -0.200. The quantitative estimate of drug-likeness (QED) is 0.843. The van der Waals surface area contributed by atoms with E-state index in [1.165, 1.54) is 7.05 Å². The highest BCUT2D eigenvalue weighted by molar-refractivity contribution is 9.10. The van der Waals surface area contributed by atoms with Gasteiger partial charge in [0.25, 0.3) is 5.89 Å². The summed E-state index contributed by atoms with van der Waals surface area (Å²) in [5, 5.41) is 3.95. The van der Waals surface area contributed by atoms with Gasteiger partial charge in [-0.05, 0) is 28.4 Å². The van der Waals surface area contributed by atoms with E-state index < -0.39 is 5.76 Å². The van der Waals surface area contributed by atoms with Crippen LogP contribution in [0.25, 0.3) is 11.5 Å². The average Bonchev–Trinajstić information content (AvgIpc) is 2.59. The van der Waals surface area contributed by atoms with Gasteiger partial charge in [0.15, 0.2) is 0 Å². The van der Waals surface area contributed by atoms with E-state index in [0.717, 1.165) is 21.3 Å². The van der Waals surface area contributed by atoms with Crippen LogP contribution in [0.5, 0.6) is 0 Å². The SMILES string of the molecule is CCc1ncc(-c2nn(C)c(=O)o2)cc1Br. The molecule has 2 aromatic heterocycles. The van der Waals surface area contributed by atoms with Crippen molar-refractivity contribution in [3.05, 3.63) is 33.0 Å². The highest BCUT2D eigenvalue weighted by atomic mass is 79.9. The second-order valence-corrected chi connectivity index (χ2v) is 4.16. The van der Waals surface area contributed by atoms with Crippen LogP contribution in [-0.2, 0) is 13.5 Å². The summed E-state index contributed by atoms with van der Waals surface area (Å²) in [7, 11) is 1.54. The van der Waals surface area contributed by atoms with Gasteiger partial charge >= 0.3 is 5.76 Å². The summed E-state index contributed by atoms with van der Waals surface area (Å²) in [4.78, 5) is 15.4. The molecule has 0 fully saturated rings. The first kappa shape index (κ1) is 11.1. The van der Waals surface area contributed by atoms with Crippen molar-refractivity contribution >= 4 is 15.9 Å². The molecule has 0 saturated heterocycles. The Morgan fingerprint density at radius 2 is 2.31 bits per heavy atom. The number of hydrogen-bond donors (Lipinski definition) is 0. The summed E-state index contributed by atoms with van der Waals surface area (Å²) in [6.45, 7) is 2.02. The molecule has 0 atom stereocenters. The minimum Gasteiger partial charge on any atom is -0.388 e. The lowest BCUT2D eigenvalue weighted by atomic mass is 10.2. The lowest BCUT2D eigenvalue weighted by Gasteiger charge is -2.00. The molecule has 2 heterocycles. The number of aromatic nitrogens is 3. The van der Waals surface area contributed by atoms with Crippen LogP contribution in [0.1, 0.15) is 12.6 Å². The van der Waals surface area contributed by atoms with Crippen molar-refractivity contribution in [3.63, 3.8) is 0 Å². The standard InChI is InChI=1S/C10H10BrN3O2/c1-3-8-7(11)4-6(5-12-8)9-13-14(2)10(15)16-9/h4-5H,3H2,1-2H3. The summed E-state index contributed by atoms with van der Waals surface area (Å²) >= 11 is 3.41. The van der Waals surface area contributed by atoms with Gasteiger partial charge in [0.05, 0.1) is 11.3 Å². The number of halogens is 1. The fourth-order valence-corrected chi connectivity index (χ4v) is 1.94. The van der Waals surface area contributed by atoms with Crippen LogP contribution in [0.2, 0.25) is 0 Å². The van der Waals surface area contributed by atoms with Crippen molar-refractivity contribution in [3.8, 4) is 11.5 Å². The molecule has 0 aliphatic carbocycles. The van der Waals surface area contributed by atoms with E-state index in [1.807, 2.05) is 13.0 Å². The van der Waals surface area contributed by atoms with E-state index in [9.17, 15) is 4.79 Å². The Kier molecular flexibility index (Phi) is 2.91. The van der Waals surface area contributed by atoms with E-state index in [4.69, 9.17) is 4.42 Å². The largest absolute Gasteiger partial charge is 0.437 e. The summed E-state index contributed by atoms with van der Waals surface area (Å²) in [6.07, 6.45) is 2.49. The first-order valence-corrected chi connectivity index (χ1v) is 5.60. The third-order valence-corrected chi connectivity index (χ3v) is 2.87. The Morgan fingerprint density at radius 3 is 2.81 bits per heavy atom. The van der Waals surface area contributed by atoms with Crippen molar-refractivity contribution in [1.82, 2.24) is 14.8 Å². The first-order chi connectivity index (χ1) is 7.61. The van der Waals surface area contributed by atoms with Gasteiger partial charge in [-0.1, -0.05) is 6.92 Å². The first-order valence-electron chi connectivity index (χ1n) is 4.80. The third-order valence-electron chi connectivity index (χ3n) is 2.19. The minimum atomic E-state index is -0.481. The number of nitrogens with zero attached hydrogens (tertiary/aromatic N) is 3.